The van der Waals surface area contributed by atoms with Gasteiger partial charge in [0.25, 0.3) is 5.91 Å². The van der Waals surface area contributed by atoms with Gasteiger partial charge >= 0.3 is 0 Å². The molecule has 0 fully saturated rings. The molecule has 0 unspecified atom stereocenters. The third-order valence-corrected chi connectivity index (χ3v) is 5.78. The fourth-order valence-corrected chi connectivity index (χ4v) is 4.21. The maximum atomic E-state index is 13.1. The molecule has 2 aromatic carbocycles. The lowest BCUT2D eigenvalue weighted by atomic mass is 10.1. The van der Waals surface area contributed by atoms with Crippen LogP contribution in [-0.2, 0) is 13.1 Å². The van der Waals surface area contributed by atoms with Crippen LogP contribution < -0.4 is 4.74 Å². The van der Waals surface area contributed by atoms with E-state index in [-0.39, 0.29) is 5.91 Å². The number of nitrogens with zero attached hydrogens (tertiary/aromatic N) is 4. The van der Waals surface area contributed by atoms with Gasteiger partial charge in [0, 0.05) is 23.5 Å². The third kappa shape index (κ3) is 3.30. The lowest BCUT2D eigenvalue weighted by Gasteiger charge is -2.18. The van der Waals surface area contributed by atoms with Crippen molar-refractivity contribution in [2.75, 3.05) is 7.11 Å². The quantitative estimate of drug-likeness (QED) is 0.498. The van der Waals surface area contributed by atoms with Gasteiger partial charge in [0.1, 0.15) is 11.6 Å². The van der Waals surface area contributed by atoms with Gasteiger partial charge in [-0.25, -0.2) is 4.68 Å². The van der Waals surface area contributed by atoms with Crippen molar-refractivity contribution in [2.45, 2.75) is 26.9 Å². The number of ether oxygens (including phenoxy) is 1. The predicted octanol–water partition coefficient (Wildman–Crippen LogP) is 4.44. The Balaban J connectivity index is 1.53. The molecule has 0 spiro atoms. The summed E-state index contributed by atoms with van der Waals surface area (Å²) in [6.07, 6.45) is 4.04. The summed E-state index contributed by atoms with van der Waals surface area (Å²) in [5, 5.41) is 4.94. The summed E-state index contributed by atoms with van der Waals surface area (Å²) in [5.41, 5.74) is 6.11. The number of methoxy groups -OCH3 is 1. The first-order valence-electron chi connectivity index (χ1n) is 10.3. The average molecular weight is 412 g/mol. The van der Waals surface area contributed by atoms with Gasteiger partial charge in [-0.15, -0.1) is 0 Å². The van der Waals surface area contributed by atoms with Crippen molar-refractivity contribution < 1.29 is 9.53 Å². The minimum atomic E-state index is -0.00262. The summed E-state index contributed by atoms with van der Waals surface area (Å²) in [5.74, 6) is 1.72. The molecule has 0 bridgehead atoms. The molecule has 0 aliphatic carbocycles. The highest BCUT2D eigenvalue weighted by molar-refractivity contribution is 5.94. The van der Waals surface area contributed by atoms with Crippen molar-refractivity contribution in [1.29, 1.82) is 0 Å². The van der Waals surface area contributed by atoms with Crippen LogP contribution in [0, 0.1) is 13.8 Å². The highest BCUT2D eigenvalue weighted by Crippen LogP contribution is 2.32. The van der Waals surface area contributed by atoms with E-state index in [1.54, 1.807) is 19.2 Å². The largest absolute Gasteiger partial charge is 0.497 e. The summed E-state index contributed by atoms with van der Waals surface area (Å²) in [6.45, 7) is 5.22. The van der Waals surface area contributed by atoms with Gasteiger partial charge in [0.2, 0.25) is 0 Å². The topological polar surface area (TPSA) is 52.3 Å². The van der Waals surface area contributed by atoms with Crippen LogP contribution in [0.5, 0.6) is 5.75 Å². The van der Waals surface area contributed by atoms with Crippen molar-refractivity contribution in [3.05, 3.63) is 94.9 Å². The molecule has 156 valence electrons. The van der Waals surface area contributed by atoms with Crippen LogP contribution >= 0.6 is 0 Å². The van der Waals surface area contributed by atoms with E-state index < -0.39 is 0 Å². The van der Waals surface area contributed by atoms with E-state index in [1.165, 1.54) is 11.1 Å². The van der Waals surface area contributed by atoms with Crippen LogP contribution in [0.25, 0.3) is 11.5 Å². The zero-order chi connectivity index (χ0) is 21.5. The number of hydrogen-bond donors (Lipinski definition) is 0. The Kier molecular flexibility index (Phi) is 4.62. The second kappa shape index (κ2) is 7.47. The van der Waals surface area contributed by atoms with Gasteiger partial charge in [-0.3, -0.25) is 4.79 Å². The maximum Gasteiger partial charge on any atom is 0.254 e. The van der Waals surface area contributed by atoms with E-state index in [4.69, 9.17) is 9.84 Å². The highest BCUT2D eigenvalue weighted by Gasteiger charge is 2.32. The SMILES string of the molecule is COc1ccc(C(=O)N2Cc3nn(-c4ccc(C)cc4C)c(-n4cccc4)c3C2)cc1. The standard InChI is InChI=1S/C25H24N4O2/c1-17-6-11-23(18(2)14-17)29-24(27-12-4-5-13-27)21-15-28(16-22(21)26-29)25(30)19-7-9-20(31-3)10-8-19/h4-14H,15-16H2,1-3H3. The zero-order valence-electron chi connectivity index (χ0n) is 17.9. The number of benzene rings is 2. The minimum Gasteiger partial charge on any atom is -0.497 e. The van der Waals surface area contributed by atoms with Crippen molar-refractivity contribution in [3.63, 3.8) is 0 Å². The van der Waals surface area contributed by atoms with Crippen LogP contribution in [0.4, 0.5) is 0 Å². The number of fused-ring (bicyclic) bond motifs is 1. The fraction of sp³-hybridized carbons (Fsp3) is 0.200. The van der Waals surface area contributed by atoms with Crippen LogP contribution in [-0.4, -0.2) is 32.3 Å². The summed E-state index contributed by atoms with van der Waals surface area (Å²) in [7, 11) is 1.62. The number of rotatable bonds is 4. The summed E-state index contributed by atoms with van der Waals surface area (Å²) >= 11 is 0. The number of carbonyl (C=O) groups excluding carboxylic acids is 1. The lowest BCUT2D eigenvalue weighted by Crippen LogP contribution is -2.26. The molecule has 1 amide bonds. The van der Waals surface area contributed by atoms with Crippen molar-refractivity contribution in [3.8, 4) is 17.3 Å². The van der Waals surface area contributed by atoms with Crippen LogP contribution in [0.3, 0.4) is 0 Å². The van der Waals surface area contributed by atoms with E-state index in [1.807, 2.05) is 46.2 Å². The lowest BCUT2D eigenvalue weighted by molar-refractivity contribution is 0.0749. The van der Waals surface area contributed by atoms with Crippen molar-refractivity contribution in [2.24, 2.45) is 0 Å². The Morgan fingerprint density at radius 2 is 1.74 bits per heavy atom. The third-order valence-electron chi connectivity index (χ3n) is 5.78. The van der Waals surface area contributed by atoms with Gasteiger partial charge in [-0.1, -0.05) is 17.7 Å². The Morgan fingerprint density at radius 1 is 1.00 bits per heavy atom. The molecule has 0 atom stereocenters. The first kappa shape index (κ1) is 19.2. The number of aromatic nitrogens is 3. The molecule has 2 aromatic heterocycles. The zero-order valence-corrected chi connectivity index (χ0v) is 17.9. The molecule has 0 N–H and O–H groups in total. The number of carbonyl (C=O) groups is 1. The van der Waals surface area contributed by atoms with Gasteiger partial charge < -0.3 is 14.2 Å². The van der Waals surface area contributed by atoms with Crippen LogP contribution in [0.15, 0.2) is 67.0 Å². The van der Waals surface area contributed by atoms with Gasteiger partial charge in [0.15, 0.2) is 0 Å². The molecule has 31 heavy (non-hydrogen) atoms. The number of hydrogen-bond acceptors (Lipinski definition) is 3. The molecule has 3 heterocycles. The Bertz CT molecular complexity index is 1250. The predicted molar refractivity (Wildman–Crippen MR) is 119 cm³/mol. The molecule has 0 saturated carbocycles. The fourth-order valence-electron chi connectivity index (χ4n) is 4.21. The molecule has 1 aliphatic heterocycles. The van der Waals surface area contributed by atoms with Crippen LogP contribution in [0.2, 0.25) is 0 Å². The monoisotopic (exact) mass is 412 g/mol. The van der Waals surface area contributed by atoms with Crippen molar-refractivity contribution >= 4 is 5.91 Å². The molecule has 6 nitrogen and oxygen atoms in total. The molecule has 6 heteroatoms. The average Bonchev–Trinajstić information content (AvgIpc) is 3.49. The van der Waals surface area contributed by atoms with E-state index in [2.05, 4.69) is 36.6 Å². The number of amides is 1. The van der Waals surface area contributed by atoms with Crippen LogP contribution in [0.1, 0.15) is 32.7 Å². The summed E-state index contributed by atoms with van der Waals surface area (Å²) in [6, 6.07) is 17.6. The second-order valence-corrected chi connectivity index (χ2v) is 7.93. The molecule has 4 aromatic rings. The van der Waals surface area contributed by atoms with Gasteiger partial charge in [-0.05, 0) is 61.9 Å². The van der Waals surface area contributed by atoms with E-state index in [0.717, 1.165) is 28.5 Å². The number of aryl methyl sites for hydroxylation is 2. The Labute approximate surface area is 181 Å². The molecule has 1 aliphatic rings. The minimum absolute atomic E-state index is 0.00262. The summed E-state index contributed by atoms with van der Waals surface area (Å²) < 4.78 is 9.29. The van der Waals surface area contributed by atoms with E-state index in [0.29, 0.717) is 18.7 Å². The Hall–Kier alpha value is -3.80. The van der Waals surface area contributed by atoms with E-state index in [9.17, 15) is 4.79 Å². The molecular formula is C25H24N4O2. The molecule has 5 rings (SSSR count). The molecule has 0 radical (unpaired) electrons. The van der Waals surface area contributed by atoms with Gasteiger partial charge in [-0.2, -0.15) is 5.10 Å². The maximum absolute atomic E-state index is 13.1. The van der Waals surface area contributed by atoms with Crippen molar-refractivity contribution in [1.82, 2.24) is 19.2 Å². The first-order chi connectivity index (χ1) is 15.0. The smallest absolute Gasteiger partial charge is 0.254 e. The second-order valence-electron chi connectivity index (χ2n) is 7.93. The van der Waals surface area contributed by atoms with E-state index >= 15 is 0 Å². The molecule has 0 saturated heterocycles. The molecular weight excluding hydrogens is 388 g/mol. The Morgan fingerprint density at radius 3 is 2.42 bits per heavy atom. The highest BCUT2D eigenvalue weighted by atomic mass is 16.5. The first-order valence-corrected chi connectivity index (χ1v) is 10.3. The normalized spacial score (nSPS) is 12.8. The van der Waals surface area contributed by atoms with Gasteiger partial charge in [0.05, 0.1) is 31.6 Å². The summed E-state index contributed by atoms with van der Waals surface area (Å²) in [4.78, 5) is 14.9.